The lowest BCUT2D eigenvalue weighted by atomic mass is 10.0. The highest BCUT2D eigenvalue weighted by atomic mass is 16.6. The van der Waals surface area contributed by atoms with E-state index in [-0.39, 0.29) is 11.6 Å². The van der Waals surface area contributed by atoms with Crippen LogP contribution in [0, 0.1) is 23.0 Å². The van der Waals surface area contributed by atoms with E-state index in [9.17, 15) is 14.9 Å². The number of nitro benzene ring substituents is 1. The first-order chi connectivity index (χ1) is 8.81. The van der Waals surface area contributed by atoms with Crippen molar-refractivity contribution in [3.8, 4) is 0 Å². The highest BCUT2D eigenvalue weighted by Gasteiger charge is 2.16. The Labute approximate surface area is 112 Å². The Bertz CT molecular complexity index is 486. The summed E-state index contributed by atoms with van der Waals surface area (Å²) in [7, 11) is 0. The van der Waals surface area contributed by atoms with E-state index in [4.69, 9.17) is 5.73 Å². The van der Waals surface area contributed by atoms with Gasteiger partial charge >= 0.3 is 0 Å². The predicted molar refractivity (Wildman–Crippen MR) is 73.9 cm³/mol. The Morgan fingerprint density at radius 3 is 2.58 bits per heavy atom. The average Bonchev–Trinajstić information content (AvgIpc) is 2.27. The fourth-order valence-electron chi connectivity index (χ4n) is 1.79. The fourth-order valence-corrected chi connectivity index (χ4v) is 1.79. The molecule has 1 rings (SSSR count). The van der Waals surface area contributed by atoms with Crippen molar-refractivity contribution in [3.63, 3.8) is 0 Å². The number of aryl methyl sites for hydroxylation is 1. The van der Waals surface area contributed by atoms with E-state index >= 15 is 0 Å². The van der Waals surface area contributed by atoms with Gasteiger partial charge in [-0.1, -0.05) is 13.8 Å². The molecule has 6 heteroatoms. The van der Waals surface area contributed by atoms with Crippen molar-refractivity contribution < 1.29 is 9.72 Å². The molecule has 0 saturated carbocycles. The Balaban J connectivity index is 2.75. The maximum atomic E-state index is 11.8. The minimum atomic E-state index is -0.574. The number of amides is 1. The molecular weight excluding hydrogens is 246 g/mol. The third kappa shape index (κ3) is 4.33. The Morgan fingerprint density at radius 1 is 1.47 bits per heavy atom. The third-order valence-corrected chi connectivity index (χ3v) is 2.72. The van der Waals surface area contributed by atoms with Crippen LogP contribution in [0.15, 0.2) is 18.2 Å². The van der Waals surface area contributed by atoms with Crippen molar-refractivity contribution in [2.24, 2.45) is 11.7 Å². The van der Waals surface area contributed by atoms with Crippen LogP contribution in [0.4, 0.5) is 11.4 Å². The summed E-state index contributed by atoms with van der Waals surface area (Å²) in [6, 6.07) is 3.87. The molecule has 0 aromatic heterocycles. The van der Waals surface area contributed by atoms with Crippen molar-refractivity contribution in [1.29, 1.82) is 0 Å². The van der Waals surface area contributed by atoms with Crippen LogP contribution >= 0.6 is 0 Å². The Morgan fingerprint density at radius 2 is 2.11 bits per heavy atom. The van der Waals surface area contributed by atoms with Crippen molar-refractivity contribution in [2.45, 2.75) is 33.2 Å². The number of nitrogens with two attached hydrogens (primary N) is 1. The number of anilines is 1. The van der Waals surface area contributed by atoms with Gasteiger partial charge in [0.25, 0.3) is 5.69 Å². The molecule has 19 heavy (non-hydrogen) atoms. The number of nitro groups is 1. The molecular formula is C13H19N3O3. The van der Waals surface area contributed by atoms with E-state index in [0.717, 1.165) is 0 Å². The van der Waals surface area contributed by atoms with E-state index in [1.165, 1.54) is 12.1 Å². The van der Waals surface area contributed by atoms with Crippen molar-refractivity contribution >= 4 is 17.3 Å². The number of nitrogens with zero attached hydrogens (tertiary/aromatic N) is 1. The largest absolute Gasteiger partial charge is 0.325 e. The highest BCUT2D eigenvalue weighted by molar-refractivity contribution is 5.94. The molecule has 0 fully saturated rings. The van der Waals surface area contributed by atoms with E-state index in [1.807, 2.05) is 13.8 Å². The normalized spacial score (nSPS) is 12.3. The van der Waals surface area contributed by atoms with Crippen LogP contribution < -0.4 is 11.1 Å². The molecule has 0 spiro atoms. The first-order valence-electron chi connectivity index (χ1n) is 6.12. The lowest BCUT2D eigenvalue weighted by Crippen LogP contribution is -2.36. The highest BCUT2D eigenvalue weighted by Crippen LogP contribution is 2.21. The average molecular weight is 265 g/mol. The molecule has 0 aliphatic rings. The second-order valence-corrected chi connectivity index (χ2v) is 4.98. The van der Waals surface area contributed by atoms with Crippen molar-refractivity contribution in [3.05, 3.63) is 33.9 Å². The lowest BCUT2D eigenvalue weighted by Gasteiger charge is -2.14. The van der Waals surface area contributed by atoms with Crippen LogP contribution in [0.1, 0.15) is 25.8 Å². The van der Waals surface area contributed by atoms with Gasteiger partial charge < -0.3 is 11.1 Å². The van der Waals surface area contributed by atoms with Gasteiger partial charge in [-0.15, -0.1) is 0 Å². The van der Waals surface area contributed by atoms with Crippen LogP contribution in [-0.2, 0) is 4.79 Å². The number of hydrogen-bond donors (Lipinski definition) is 2. The van der Waals surface area contributed by atoms with Gasteiger partial charge in [0.2, 0.25) is 5.91 Å². The quantitative estimate of drug-likeness (QED) is 0.630. The second-order valence-electron chi connectivity index (χ2n) is 4.98. The maximum absolute atomic E-state index is 11.8. The summed E-state index contributed by atoms with van der Waals surface area (Å²) in [5, 5.41) is 13.4. The second kappa shape index (κ2) is 6.29. The zero-order chi connectivity index (χ0) is 14.6. The number of benzene rings is 1. The molecule has 1 aromatic carbocycles. The monoisotopic (exact) mass is 265 g/mol. The van der Waals surface area contributed by atoms with Gasteiger partial charge in [-0.2, -0.15) is 0 Å². The molecule has 0 aliphatic carbocycles. The van der Waals surface area contributed by atoms with Crippen molar-refractivity contribution in [1.82, 2.24) is 0 Å². The number of nitrogens with one attached hydrogen (secondary N) is 1. The Hall–Kier alpha value is -1.95. The van der Waals surface area contributed by atoms with Gasteiger partial charge in [-0.25, -0.2) is 0 Å². The summed E-state index contributed by atoms with van der Waals surface area (Å²) in [6.45, 7) is 5.61. The molecule has 6 nitrogen and oxygen atoms in total. The molecule has 1 atom stereocenters. The fraction of sp³-hybridized carbons (Fsp3) is 0.462. The first-order valence-corrected chi connectivity index (χ1v) is 6.12. The molecule has 0 aliphatic heterocycles. The Kier molecular flexibility index (Phi) is 5.00. The lowest BCUT2D eigenvalue weighted by molar-refractivity contribution is -0.385. The van der Waals surface area contributed by atoms with Crippen LogP contribution in [-0.4, -0.2) is 16.9 Å². The third-order valence-electron chi connectivity index (χ3n) is 2.72. The number of hydrogen-bond acceptors (Lipinski definition) is 4. The van der Waals surface area contributed by atoms with Crippen LogP contribution in [0.25, 0.3) is 0 Å². The summed E-state index contributed by atoms with van der Waals surface area (Å²) >= 11 is 0. The van der Waals surface area contributed by atoms with E-state index in [0.29, 0.717) is 23.6 Å². The van der Waals surface area contributed by atoms with E-state index < -0.39 is 11.0 Å². The molecule has 0 bridgehead atoms. The van der Waals surface area contributed by atoms with Crippen LogP contribution in [0.2, 0.25) is 0 Å². The van der Waals surface area contributed by atoms with Gasteiger partial charge in [0.05, 0.1) is 11.0 Å². The molecule has 104 valence electrons. The van der Waals surface area contributed by atoms with Gasteiger partial charge in [0.15, 0.2) is 0 Å². The molecule has 1 amide bonds. The predicted octanol–water partition coefficient (Wildman–Crippen LogP) is 2.22. The summed E-state index contributed by atoms with van der Waals surface area (Å²) < 4.78 is 0. The molecule has 0 saturated heterocycles. The summed E-state index contributed by atoms with van der Waals surface area (Å²) in [6.07, 6.45) is 0.595. The van der Waals surface area contributed by atoms with Crippen LogP contribution in [0.5, 0.6) is 0 Å². The zero-order valence-electron chi connectivity index (χ0n) is 11.3. The maximum Gasteiger partial charge on any atom is 0.272 e. The van der Waals surface area contributed by atoms with Gasteiger partial charge in [0, 0.05) is 17.3 Å². The van der Waals surface area contributed by atoms with Crippen molar-refractivity contribution in [2.75, 3.05) is 5.32 Å². The van der Waals surface area contributed by atoms with Gasteiger partial charge in [-0.05, 0) is 31.4 Å². The minimum absolute atomic E-state index is 0.0319. The molecule has 1 aromatic rings. The minimum Gasteiger partial charge on any atom is -0.325 e. The summed E-state index contributed by atoms with van der Waals surface area (Å²) in [5.41, 5.74) is 6.81. The number of carbonyl (C=O) groups is 1. The standard InChI is InChI=1S/C13H19N3O3/c1-8(2)6-11(14)13(17)15-10-4-5-12(16(18)19)9(3)7-10/h4-5,7-8,11H,6,14H2,1-3H3,(H,15,17)/t11-/m1/s1. The topological polar surface area (TPSA) is 98.3 Å². The summed E-state index contributed by atoms with van der Waals surface area (Å²) in [5.74, 6) is 0.0568. The van der Waals surface area contributed by atoms with E-state index in [1.54, 1.807) is 13.0 Å². The van der Waals surface area contributed by atoms with Crippen LogP contribution in [0.3, 0.4) is 0 Å². The summed E-state index contributed by atoms with van der Waals surface area (Å²) in [4.78, 5) is 22.0. The van der Waals surface area contributed by atoms with E-state index in [2.05, 4.69) is 5.32 Å². The number of carbonyl (C=O) groups excluding carboxylic acids is 1. The zero-order valence-corrected chi connectivity index (χ0v) is 11.3. The van der Waals surface area contributed by atoms with Gasteiger partial charge in [-0.3, -0.25) is 14.9 Å². The smallest absolute Gasteiger partial charge is 0.272 e. The van der Waals surface area contributed by atoms with Gasteiger partial charge in [0.1, 0.15) is 0 Å². The molecule has 0 heterocycles. The number of rotatable bonds is 5. The molecule has 0 unspecified atom stereocenters. The molecule has 3 N–H and O–H groups in total. The molecule has 0 radical (unpaired) electrons. The SMILES string of the molecule is Cc1cc(NC(=O)[C@H](N)CC(C)C)ccc1[N+](=O)[O-]. The first kappa shape index (κ1) is 15.1.